The summed E-state index contributed by atoms with van der Waals surface area (Å²) in [7, 11) is 3.15. The highest BCUT2D eigenvalue weighted by atomic mass is 19.1. The number of rotatable bonds is 6. The van der Waals surface area contributed by atoms with E-state index in [1.807, 2.05) is 0 Å². The lowest BCUT2D eigenvalue weighted by atomic mass is 10.2. The number of pyridine rings is 1. The van der Waals surface area contributed by atoms with Gasteiger partial charge < -0.3 is 20.1 Å². The third-order valence-corrected chi connectivity index (χ3v) is 3.78. The molecule has 0 fully saturated rings. The normalized spacial score (nSPS) is 10.2. The third-order valence-electron chi connectivity index (χ3n) is 3.78. The van der Waals surface area contributed by atoms with Gasteiger partial charge in [-0.1, -0.05) is 6.07 Å². The molecule has 3 rings (SSSR count). The van der Waals surface area contributed by atoms with E-state index in [4.69, 9.17) is 9.47 Å². The number of benzene rings is 2. The molecule has 27 heavy (non-hydrogen) atoms. The maximum atomic E-state index is 13.2. The molecule has 7 heteroatoms. The molecule has 0 aliphatic heterocycles. The van der Waals surface area contributed by atoms with E-state index in [0.717, 1.165) is 0 Å². The van der Waals surface area contributed by atoms with Gasteiger partial charge in [-0.05, 0) is 42.5 Å². The molecule has 1 heterocycles. The number of hydrogen-bond donors (Lipinski definition) is 2. The molecule has 0 unspecified atom stereocenters. The van der Waals surface area contributed by atoms with E-state index in [9.17, 15) is 9.18 Å². The van der Waals surface area contributed by atoms with Crippen LogP contribution in [0.15, 0.2) is 60.8 Å². The SMILES string of the molecule is COc1ccc(OC)c(Nc2ccc(C(=O)Nc3cccc(F)c3)cn2)c1. The van der Waals surface area contributed by atoms with Crippen LogP contribution in [0.3, 0.4) is 0 Å². The van der Waals surface area contributed by atoms with Crippen LogP contribution in [-0.2, 0) is 0 Å². The van der Waals surface area contributed by atoms with Crippen molar-refractivity contribution < 1.29 is 18.7 Å². The largest absolute Gasteiger partial charge is 0.497 e. The molecule has 0 radical (unpaired) electrons. The molecule has 0 spiro atoms. The number of anilines is 3. The Labute approximate surface area is 156 Å². The first-order chi connectivity index (χ1) is 13.1. The Morgan fingerprint density at radius 2 is 1.89 bits per heavy atom. The highest BCUT2D eigenvalue weighted by Crippen LogP contribution is 2.31. The van der Waals surface area contributed by atoms with Crippen molar-refractivity contribution >= 4 is 23.1 Å². The van der Waals surface area contributed by atoms with Crippen LogP contribution in [0.2, 0.25) is 0 Å². The van der Waals surface area contributed by atoms with E-state index in [0.29, 0.717) is 34.3 Å². The number of carbonyl (C=O) groups excluding carboxylic acids is 1. The molecular formula is C20H18FN3O3. The molecule has 1 amide bonds. The van der Waals surface area contributed by atoms with Crippen molar-refractivity contribution in [2.24, 2.45) is 0 Å². The van der Waals surface area contributed by atoms with E-state index in [1.54, 1.807) is 50.6 Å². The Morgan fingerprint density at radius 3 is 2.56 bits per heavy atom. The Kier molecular flexibility index (Phi) is 5.51. The number of aromatic nitrogens is 1. The minimum atomic E-state index is -0.419. The van der Waals surface area contributed by atoms with Crippen molar-refractivity contribution in [2.45, 2.75) is 0 Å². The highest BCUT2D eigenvalue weighted by Gasteiger charge is 2.09. The van der Waals surface area contributed by atoms with Crippen LogP contribution in [-0.4, -0.2) is 25.1 Å². The fraction of sp³-hybridized carbons (Fsp3) is 0.100. The molecule has 0 bridgehead atoms. The predicted molar refractivity (Wildman–Crippen MR) is 101 cm³/mol. The van der Waals surface area contributed by atoms with Gasteiger partial charge >= 0.3 is 0 Å². The van der Waals surface area contributed by atoms with E-state index in [2.05, 4.69) is 15.6 Å². The van der Waals surface area contributed by atoms with Crippen LogP contribution in [0.5, 0.6) is 11.5 Å². The van der Waals surface area contributed by atoms with E-state index < -0.39 is 5.82 Å². The van der Waals surface area contributed by atoms with Crippen molar-refractivity contribution in [1.82, 2.24) is 4.98 Å². The average molecular weight is 367 g/mol. The van der Waals surface area contributed by atoms with Gasteiger partial charge in [0.1, 0.15) is 23.1 Å². The summed E-state index contributed by atoms with van der Waals surface area (Å²) in [6.45, 7) is 0. The summed E-state index contributed by atoms with van der Waals surface area (Å²) in [5.41, 5.74) is 1.41. The second-order valence-electron chi connectivity index (χ2n) is 5.59. The zero-order chi connectivity index (χ0) is 19.2. The second-order valence-corrected chi connectivity index (χ2v) is 5.59. The maximum Gasteiger partial charge on any atom is 0.257 e. The van der Waals surface area contributed by atoms with Gasteiger partial charge in [-0.25, -0.2) is 9.37 Å². The standard InChI is InChI=1S/C20H18FN3O3/c1-26-16-7-8-18(27-2)17(11-16)24-19-9-6-13(12-22-19)20(25)23-15-5-3-4-14(21)10-15/h3-12H,1-2H3,(H,22,24)(H,23,25). The van der Waals surface area contributed by atoms with Gasteiger partial charge in [0.25, 0.3) is 5.91 Å². The monoisotopic (exact) mass is 367 g/mol. The smallest absolute Gasteiger partial charge is 0.257 e. The van der Waals surface area contributed by atoms with E-state index >= 15 is 0 Å². The lowest BCUT2D eigenvalue weighted by Crippen LogP contribution is -2.12. The first-order valence-corrected chi connectivity index (χ1v) is 8.11. The van der Waals surface area contributed by atoms with E-state index in [-0.39, 0.29) is 5.91 Å². The van der Waals surface area contributed by atoms with Crippen molar-refractivity contribution in [3.05, 3.63) is 72.2 Å². The van der Waals surface area contributed by atoms with Gasteiger partial charge in [0.15, 0.2) is 0 Å². The zero-order valence-electron chi connectivity index (χ0n) is 14.8. The van der Waals surface area contributed by atoms with Gasteiger partial charge in [0.2, 0.25) is 0 Å². The molecule has 2 N–H and O–H groups in total. The molecule has 3 aromatic rings. The second kappa shape index (κ2) is 8.18. The molecular weight excluding hydrogens is 349 g/mol. The van der Waals surface area contributed by atoms with Crippen LogP contribution in [0.25, 0.3) is 0 Å². The fourth-order valence-corrected chi connectivity index (χ4v) is 2.42. The van der Waals surface area contributed by atoms with Gasteiger partial charge in [0, 0.05) is 18.0 Å². The molecule has 0 aliphatic carbocycles. The summed E-state index contributed by atoms with van der Waals surface area (Å²) in [6.07, 6.45) is 1.43. The van der Waals surface area contributed by atoms with E-state index in [1.165, 1.54) is 24.4 Å². The molecule has 0 aliphatic rings. The summed E-state index contributed by atoms with van der Waals surface area (Å²) < 4.78 is 23.7. The molecule has 0 saturated heterocycles. The summed E-state index contributed by atoms with van der Waals surface area (Å²) in [5.74, 6) is 1.04. The number of halogens is 1. The minimum absolute atomic E-state index is 0.349. The van der Waals surface area contributed by atoms with Crippen LogP contribution >= 0.6 is 0 Å². The number of ether oxygens (including phenoxy) is 2. The Hall–Kier alpha value is -3.61. The molecule has 6 nitrogen and oxygen atoms in total. The zero-order valence-corrected chi connectivity index (χ0v) is 14.8. The molecule has 1 aromatic heterocycles. The molecule has 0 atom stereocenters. The van der Waals surface area contributed by atoms with Crippen molar-refractivity contribution in [1.29, 1.82) is 0 Å². The van der Waals surface area contributed by atoms with Gasteiger partial charge in [-0.2, -0.15) is 0 Å². The quantitative estimate of drug-likeness (QED) is 0.682. The Bertz CT molecular complexity index is 945. The van der Waals surface area contributed by atoms with Crippen molar-refractivity contribution in [2.75, 3.05) is 24.9 Å². The number of carbonyl (C=O) groups is 1. The molecule has 0 saturated carbocycles. The van der Waals surface area contributed by atoms with Crippen LogP contribution in [0, 0.1) is 5.82 Å². The van der Waals surface area contributed by atoms with Gasteiger partial charge in [-0.3, -0.25) is 4.79 Å². The lowest BCUT2D eigenvalue weighted by molar-refractivity contribution is 0.102. The van der Waals surface area contributed by atoms with Crippen LogP contribution in [0.4, 0.5) is 21.6 Å². The topological polar surface area (TPSA) is 72.5 Å². The van der Waals surface area contributed by atoms with Gasteiger partial charge in [0.05, 0.1) is 25.5 Å². The minimum Gasteiger partial charge on any atom is -0.497 e. The summed E-state index contributed by atoms with van der Waals surface area (Å²) in [6, 6.07) is 14.3. The fourth-order valence-electron chi connectivity index (χ4n) is 2.42. The summed E-state index contributed by atoms with van der Waals surface area (Å²) in [5, 5.41) is 5.75. The first-order valence-electron chi connectivity index (χ1n) is 8.11. The van der Waals surface area contributed by atoms with Crippen LogP contribution < -0.4 is 20.1 Å². The van der Waals surface area contributed by atoms with Crippen molar-refractivity contribution in [3.63, 3.8) is 0 Å². The number of nitrogens with one attached hydrogen (secondary N) is 2. The first kappa shape index (κ1) is 18.2. The number of amides is 1. The molecule has 138 valence electrons. The maximum absolute atomic E-state index is 13.2. The lowest BCUT2D eigenvalue weighted by Gasteiger charge is -2.12. The van der Waals surface area contributed by atoms with Crippen LogP contribution in [0.1, 0.15) is 10.4 Å². The Morgan fingerprint density at radius 1 is 1.04 bits per heavy atom. The summed E-state index contributed by atoms with van der Waals surface area (Å²) >= 11 is 0. The molecule has 2 aromatic carbocycles. The highest BCUT2D eigenvalue weighted by molar-refractivity contribution is 6.04. The predicted octanol–water partition coefficient (Wildman–Crippen LogP) is 4.23. The summed E-state index contributed by atoms with van der Waals surface area (Å²) in [4.78, 5) is 16.5. The third kappa shape index (κ3) is 4.52. The number of hydrogen-bond acceptors (Lipinski definition) is 5. The Balaban J connectivity index is 1.73. The van der Waals surface area contributed by atoms with Crippen molar-refractivity contribution in [3.8, 4) is 11.5 Å². The number of methoxy groups -OCH3 is 2. The number of nitrogens with zero attached hydrogens (tertiary/aromatic N) is 1. The average Bonchev–Trinajstić information content (AvgIpc) is 2.68. The van der Waals surface area contributed by atoms with Gasteiger partial charge in [-0.15, -0.1) is 0 Å².